The SMILES string of the molecule is COC(=O)C(CO)NC(=O)c1ccnc(OCCCCNC(=O)OC(C)(C)C)c1. The van der Waals surface area contributed by atoms with Crippen LogP contribution in [-0.2, 0) is 14.3 Å². The first kappa shape index (κ1) is 24.2. The zero-order valence-electron chi connectivity index (χ0n) is 17.2. The summed E-state index contributed by atoms with van der Waals surface area (Å²) in [5.74, 6) is -1.06. The molecule has 0 aliphatic heterocycles. The molecule has 1 aromatic rings. The van der Waals surface area contributed by atoms with Crippen LogP contribution in [0.2, 0.25) is 0 Å². The lowest BCUT2D eigenvalue weighted by atomic mass is 10.2. The third-order valence-electron chi connectivity index (χ3n) is 3.46. The zero-order valence-corrected chi connectivity index (χ0v) is 17.2. The standard InChI is InChI=1S/C19H29N3O7/c1-19(2,3)29-18(26)21-8-5-6-10-28-15-11-13(7-9-20-15)16(24)22-14(12-23)17(25)27-4/h7,9,11,14,23H,5-6,8,10,12H2,1-4H3,(H,21,26)(H,22,24). The van der Waals surface area contributed by atoms with E-state index in [1.54, 1.807) is 20.8 Å². The van der Waals surface area contributed by atoms with E-state index in [1.807, 2.05) is 0 Å². The summed E-state index contributed by atoms with van der Waals surface area (Å²) in [7, 11) is 1.17. The number of ether oxygens (including phenoxy) is 3. The van der Waals surface area contributed by atoms with Crippen molar-refractivity contribution in [3.8, 4) is 5.88 Å². The Morgan fingerprint density at radius 3 is 2.59 bits per heavy atom. The molecule has 1 aromatic heterocycles. The first-order valence-electron chi connectivity index (χ1n) is 9.21. The lowest BCUT2D eigenvalue weighted by molar-refractivity contribution is -0.143. The van der Waals surface area contributed by atoms with E-state index >= 15 is 0 Å². The van der Waals surface area contributed by atoms with E-state index in [0.717, 1.165) is 0 Å². The molecule has 0 fully saturated rings. The molecule has 0 aliphatic rings. The molecule has 0 saturated carbocycles. The summed E-state index contributed by atoms with van der Waals surface area (Å²) in [6.07, 6.45) is 2.27. The highest BCUT2D eigenvalue weighted by atomic mass is 16.6. The highest BCUT2D eigenvalue weighted by Crippen LogP contribution is 2.10. The Kier molecular flexibility index (Phi) is 9.87. The molecule has 0 bridgehead atoms. The summed E-state index contributed by atoms with van der Waals surface area (Å²) < 4.78 is 15.1. The van der Waals surface area contributed by atoms with Gasteiger partial charge in [-0.3, -0.25) is 4.79 Å². The smallest absolute Gasteiger partial charge is 0.407 e. The number of nitrogens with zero attached hydrogens (tertiary/aromatic N) is 1. The lowest BCUT2D eigenvalue weighted by Gasteiger charge is -2.19. The van der Waals surface area contributed by atoms with Gasteiger partial charge >= 0.3 is 12.1 Å². The number of carbonyl (C=O) groups is 3. The Labute approximate surface area is 169 Å². The fourth-order valence-corrected chi connectivity index (χ4v) is 2.10. The molecule has 10 heteroatoms. The monoisotopic (exact) mass is 411 g/mol. The van der Waals surface area contributed by atoms with Crippen LogP contribution in [0.1, 0.15) is 44.0 Å². The number of amides is 2. The topological polar surface area (TPSA) is 136 Å². The van der Waals surface area contributed by atoms with Gasteiger partial charge in [0.15, 0.2) is 6.04 Å². The van der Waals surface area contributed by atoms with E-state index < -0.39 is 36.2 Å². The van der Waals surface area contributed by atoms with Crippen molar-refractivity contribution in [2.24, 2.45) is 0 Å². The predicted octanol–water partition coefficient (Wildman–Crippen LogP) is 1.03. The van der Waals surface area contributed by atoms with E-state index in [0.29, 0.717) is 26.0 Å². The molecule has 29 heavy (non-hydrogen) atoms. The Morgan fingerprint density at radius 2 is 1.97 bits per heavy atom. The molecular weight excluding hydrogens is 382 g/mol. The Bertz CT molecular complexity index is 689. The number of nitrogens with one attached hydrogen (secondary N) is 2. The fraction of sp³-hybridized carbons (Fsp3) is 0.579. The molecular formula is C19H29N3O7. The molecule has 0 aromatic carbocycles. The predicted molar refractivity (Wildman–Crippen MR) is 104 cm³/mol. The number of pyridine rings is 1. The Morgan fingerprint density at radius 1 is 1.24 bits per heavy atom. The molecule has 162 valence electrons. The van der Waals surface area contributed by atoms with Gasteiger partial charge in [0.05, 0.1) is 20.3 Å². The quantitative estimate of drug-likeness (QED) is 0.384. The number of aromatic nitrogens is 1. The average Bonchev–Trinajstić information content (AvgIpc) is 2.66. The van der Waals surface area contributed by atoms with Gasteiger partial charge in [-0.2, -0.15) is 0 Å². The summed E-state index contributed by atoms with van der Waals surface area (Å²) in [4.78, 5) is 39.2. The van der Waals surface area contributed by atoms with E-state index in [-0.39, 0.29) is 11.4 Å². The molecule has 1 heterocycles. The van der Waals surface area contributed by atoms with Crippen LogP contribution in [0.4, 0.5) is 4.79 Å². The first-order valence-corrected chi connectivity index (χ1v) is 9.21. The number of unbranched alkanes of at least 4 members (excludes halogenated alkanes) is 1. The van der Waals surface area contributed by atoms with Crippen molar-refractivity contribution in [2.45, 2.75) is 45.3 Å². The minimum absolute atomic E-state index is 0.226. The maximum atomic E-state index is 12.2. The van der Waals surface area contributed by atoms with Gasteiger partial charge in [0.1, 0.15) is 5.60 Å². The lowest BCUT2D eigenvalue weighted by Crippen LogP contribution is -2.44. The van der Waals surface area contributed by atoms with Crippen LogP contribution >= 0.6 is 0 Å². The first-order chi connectivity index (χ1) is 13.7. The van der Waals surface area contributed by atoms with Crippen LogP contribution in [0.25, 0.3) is 0 Å². The van der Waals surface area contributed by atoms with Crippen LogP contribution in [-0.4, -0.2) is 66.6 Å². The molecule has 10 nitrogen and oxygen atoms in total. The molecule has 1 rings (SSSR count). The third-order valence-corrected chi connectivity index (χ3v) is 3.46. The van der Waals surface area contributed by atoms with Crippen molar-refractivity contribution < 1.29 is 33.7 Å². The van der Waals surface area contributed by atoms with Crippen molar-refractivity contribution in [1.82, 2.24) is 15.6 Å². The normalized spacial score (nSPS) is 11.9. The fourth-order valence-electron chi connectivity index (χ4n) is 2.10. The van der Waals surface area contributed by atoms with Gasteiger partial charge in [-0.15, -0.1) is 0 Å². The molecule has 0 radical (unpaired) electrons. The number of carbonyl (C=O) groups excluding carboxylic acids is 3. The van der Waals surface area contributed by atoms with Gasteiger partial charge in [0.25, 0.3) is 5.91 Å². The largest absolute Gasteiger partial charge is 0.478 e. The zero-order chi connectivity index (χ0) is 21.9. The van der Waals surface area contributed by atoms with Crippen molar-refractivity contribution in [3.63, 3.8) is 0 Å². The maximum Gasteiger partial charge on any atom is 0.407 e. The maximum absolute atomic E-state index is 12.2. The molecule has 1 atom stereocenters. The van der Waals surface area contributed by atoms with E-state index in [9.17, 15) is 14.4 Å². The van der Waals surface area contributed by atoms with Gasteiger partial charge in [0, 0.05) is 24.4 Å². The second-order valence-corrected chi connectivity index (χ2v) is 7.10. The molecule has 1 unspecified atom stereocenters. The summed E-state index contributed by atoms with van der Waals surface area (Å²) in [5.41, 5.74) is -0.312. The number of esters is 1. The van der Waals surface area contributed by atoms with E-state index in [2.05, 4.69) is 20.4 Å². The minimum atomic E-state index is -1.15. The Balaban J connectivity index is 2.39. The minimum Gasteiger partial charge on any atom is -0.478 e. The number of hydrogen-bond donors (Lipinski definition) is 3. The van der Waals surface area contributed by atoms with Crippen LogP contribution in [0.15, 0.2) is 18.3 Å². The summed E-state index contributed by atoms with van der Waals surface area (Å²) in [5, 5.41) is 14.2. The molecule has 2 amide bonds. The number of alkyl carbamates (subject to hydrolysis) is 1. The summed E-state index contributed by atoms with van der Waals surface area (Å²) >= 11 is 0. The van der Waals surface area contributed by atoms with E-state index in [4.69, 9.17) is 14.6 Å². The van der Waals surface area contributed by atoms with Crippen LogP contribution < -0.4 is 15.4 Å². The van der Waals surface area contributed by atoms with Crippen LogP contribution in [0.5, 0.6) is 5.88 Å². The number of rotatable bonds is 10. The number of aliphatic hydroxyl groups excluding tert-OH is 1. The Hall–Kier alpha value is -2.88. The molecule has 0 saturated heterocycles. The third kappa shape index (κ3) is 9.74. The highest BCUT2D eigenvalue weighted by molar-refractivity contribution is 5.96. The van der Waals surface area contributed by atoms with Crippen molar-refractivity contribution >= 4 is 18.0 Å². The van der Waals surface area contributed by atoms with Crippen LogP contribution in [0.3, 0.4) is 0 Å². The summed E-state index contributed by atoms with van der Waals surface area (Å²) in [6, 6.07) is 1.74. The van der Waals surface area contributed by atoms with Crippen molar-refractivity contribution in [1.29, 1.82) is 0 Å². The van der Waals surface area contributed by atoms with Gasteiger partial charge in [-0.05, 0) is 39.7 Å². The number of methoxy groups -OCH3 is 1. The average molecular weight is 411 g/mol. The van der Waals surface area contributed by atoms with E-state index in [1.165, 1.54) is 25.4 Å². The number of aliphatic hydroxyl groups is 1. The van der Waals surface area contributed by atoms with Crippen LogP contribution in [0, 0.1) is 0 Å². The second-order valence-electron chi connectivity index (χ2n) is 7.10. The molecule has 0 spiro atoms. The highest BCUT2D eigenvalue weighted by Gasteiger charge is 2.21. The van der Waals surface area contributed by atoms with Gasteiger partial charge < -0.3 is 30.0 Å². The van der Waals surface area contributed by atoms with Crippen molar-refractivity contribution in [3.05, 3.63) is 23.9 Å². The summed E-state index contributed by atoms with van der Waals surface area (Å²) in [6.45, 7) is 5.59. The van der Waals surface area contributed by atoms with Crippen molar-refractivity contribution in [2.75, 3.05) is 26.9 Å². The second kappa shape index (κ2) is 11.8. The molecule has 0 aliphatic carbocycles. The van der Waals surface area contributed by atoms with Gasteiger partial charge in [-0.25, -0.2) is 14.6 Å². The van der Waals surface area contributed by atoms with Gasteiger partial charge in [0.2, 0.25) is 5.88 Å². The van der Waals surface area contributed by atoms with Gasteiger partial charge in [-0.1, -0.05) is 0 Å². The number of hydrogen-bond acceptors (Lipinski definition) is 8. The molecule has 3 N–H and O–H groups in total.